The molecule has 1 aliphatic carbocycles. The molecule has 6 heteroatoms. The number of halogens is 1. The third kappa shape index (κ3) is 4.96. The predicted molar refractivity (Wildman–Crippen MR) is 123 cm³/mol. The summed E-state index contributed by atoms with van der Waals surface area (Å²) in [7, 11) is 0. The van der Waals surface area contributed by atoms with Crippen LogP contribution in [-0.2, 0) is 6.42 Å². The Labute approximate surface area is 188 Å². The fraction of sp³-hybridized carbons (Fsp3) is 0.423. The summed E-state index contributed by atoms with van der Waals surface area (Å²) in [5.74, 6) is -1.09. The van der Waals surface area contributed by atoms with Crippen LogP contribution in [0.5, 0.6) is 0 Å². The largest absolute Gasteiger partial charge is 0.390 e. The third-order valence-electron chi connectivity index (χ3n) is 6.41. The lowest BCUT2D eigenvalue weighted by molar-refractivity contribution is 0.0262. The van der Waals surface area contributed by atoms with Gasteiger partial charge >= 0.3 is 0 Å². The van der Waals surface area contributed by atoms with Crippen LogP contribution in [0.2, 0.25) is 0 Å². The first-order chi connectivity index (χ1) is 15.3. The molecule has 1 N–H and O–H groups in total. The molecule has 0 saturated carbocycles. The number of carbonyl (C=O) groups excluding carboxylic acids is 1. The Morgan fingerprint density at radius 1 is 1.19 bits per heavy atom. The second kappa shape index (κ2) is 8.94. The molecule has 1 aromatic carbocycles. The first-order valence-corrected chi connectivity index (χ1v) is 11.2. The van der Waals surface area contributed by atoms with E-state index in [0.29, 0.717) is 25.7 Å². The van der Waals surface area contributed by atoms with Crippen molar-refractivity contribution < 1.29 is 14.3 Å². The Hall–Kier alpha value is -2.86. The van der Waals surface area contributed by atoms with Gasteiger partial charge in [-0.1, -0.05) is 42.0 Å². The highest BCUT2D eigenvalue weighted by Crippen LogP contribution is 2.35. The van der Waals surface area contributed by atoms with Crippen LogP contribution in [0.25, 0.3) is 0 Å². The summed E-state index contributed by atoms with van der Waals surface area (Å²) in [6, 6.07) is 11.5. The fourth-order valence-electron chi connectivity index (χ4n) is 4.71. The summed E-state index contributed by atoms with van der Waals surface area (Å²) in [5.41, 5.74) is 2.06. The van der Waals surface area contributed by atoms with Gasteiger partial charge in [0.2, 0.25) is 0 Å². The molecule has 0 bridgehead atoms. The maximum Gasteiger partial charge on any atom is 0.277 e. The van der Waals surface area contributed by atoms with Gasteiger partial charge in [0.1, 0.15) is 0 Å². The molecule has 1 atom stereocenters. The van der Waals surface area contributed by atoms with Crippen molar-refractivity contribution in [2.45, 2.75) is 69.9 Å². The molecule has 4 rings (SSSR count). The molecule has 0 fully saturated rings. The lowest BCUT2D eigenvalue weighted by atomic mass is 9.86. The number of amides is 1. The molecule has 1 amide bonds. The summed E-state index contributed by atoms with van der Waals surface area (Å²) in [4.78, 5) is 16.7. The summed E-state index contributed by atoms with van der Waals surface area (Å²) in [6.07, 6.45) is 9.70. The van der Waals surface area contributed by atoms with Crippen LogP contribution in [0.3, 0.4) is 0 Å². The monoisotopic (exact) mass is 435 g/mol. The Bertz CT molecular complexity index is 1050. The summed E-state index contributed by atoms with van der Waals surface area (Å²) >= 11 is 0. The Kier molecular flexibility index (Phi) is 6.24. The summed E-state index contributed by atoms with van der Waals surface area (Å²) in [5, 5.41) is 17.2. The summed E-state index contributed by atoms with van der Waals surface area (Å²) in [6.45, 7) is 3.89. The second-order valence-electron chi connectivity index (χ2n) is 9.59. The van der Waals surface area contributed by atoms with Crippen molar-refractivity contribution in [1.29, 1.82) is 0 Å². The smallest absolute Gasteiger partial charge is 0.277 e. The van der Waals surface area contributed by atoms with Gasteiger partial charge in [0.25, 0.3) is 5.91 Å². The number of hydrogen-bond acceptors (Lipinski definition) is 4. The second-order valence-corrected chi connectivity index (χ2v) is 9.59. The van der Waals surface area contributed by atoms with E-state index in [1.54, 1.807) is 0 Å². The highest BCUT2D eigenvalue weighted by Gasteiger charge is 2.39. The number of hydrazone groups is 1. The van der Waals surface area contributed by atoms with E-state index >= 15 is 0 Å². The molecule has 2 aliphatic rings. The molecular formula is C26H30FN3O2. The number of aliphatic hydroxyl groups is 1. The van der Waals surface area contributed by atoms with Crippen LogP contribution < -0.4 is 0 Å². The average molecular weight is 436 g/mol. The fourth-order valence-corrected chi connectivity index (χ4v) is 4.71. The molecule has 5 nitrogen and oxygen atoms in total. The number of nitrogens with zero attached hydrogens (tertiary/aromatic N) is 3. The van der Waals surface area contributed by atoms with Gasteiger partial charge in [0.15, 0.2) is 5.82 Å². The third-order valence-corrected chi connectivity index (χ3v) is 6.41. The number of carbonyl (C=O) groups is 1. The minimum atomic E-state index is -0.711. The molecule has 2 heterocycles. The van der Waals surface area contributed by atoms with Crippen LogP contribution in [0, 0.1) is 5.82 Å². The predicted octanol–water partition coefficient (Wildman–Crippen LogP) is 5.07. The molecule has 0 radical (unpaired) electrons. The van der Waals surface area contributed by atoms with E-state index in [1.807, 2.05) is 32.0 Å². The zero-order chi connectivity index (χ0) is 22.8. The van der Waals surface area contributed by atoms with E-state index < -0.39 is 22.9 Å². The van der Waals surface area contributed by atoms with Gasteiger partial charge < -0.3 is 5.11 Å². The first kappa shape index (κ1) is 22.3. The van der Waals surface area contributed by atoms with E-state index in [9.17, 15) is 14.3 Å². The van der Waals surface area contributed by atoms with E-state index in [-0.39, 0.29) is 5.56 Å². The topological polar surface area (TPSA) is 65.8 Å². The minimum absolute atomic E-state index is 0.0160. The normalized spacial score (nSPS) is 22.8. The SMILES string of the molecule is CC1(C)CC(CC2=CCCC(O)(Cc3ccccc3)CC2)=NN1C(=O)c1ccncc1F. The number of rotatable bonds is 5. The van der Waals surface area contributed by atoms with Crippen LogP contribution in [-0.4, -0.2) is 37.9 Å². The molecule has 1 unspecified atom stereocenters. The van der Waals surface area contributed by atoms with E-state index in [2.05, 4.69) is 28.3 Å². The molecular weight excluding hydrogens is 405 g/mol. The van der Waals surface area contributed by atoms with E-state index in [1.165, 1.54) is 22.8 Å². The molecule has 1 aliphatic heterocycles. The molecule has 1 aromatic heterocycles. The molecule has 32 heavy (non-hydrogen) atoms. The van der Waals surface area contributed by atoms with Gasteiger partial charge in [0.05, 0.1) is 22.9 Å². The number of allylic oxidation sites excluding steroid dienone is 2. The number of benzene rings is 1. The van der Waals surface area contributed by atoms with Crippen LogP contribution >= 0.6 is 0 Å². The van der Waals surface area contributed by atoms with Gasteiger partial charge in [-0.15, -0.1) is 0 Å². The van der Waals surface area contributed by atoms with E-state index in [0.717, 1.165) is 36.7 Å². The molecule has 0 saturated heterocycles. The first-order valence-electron chi connectivity index (χ1n) is 11.2. The van der Waals surface area contributed by atoms with Crippen LogP contribution in [0.1, 0.15) is 68.3 Å². The maximum absolute atomic E-state index is 14.1. The van der Waals surface area contributed by atoms with Crippen molar-refractivity contribution in [2.24, 2.45) is 5.10 Å². The van der Waals surface area contributed by atoms with Gasteiger partial charge in [-0.3, -0.25) is 9.78 Å². The average Bonchev–Trinajstić information content (AvgIpc) is 2.94. The van der Waals surface area contributed by atoms with Gasteiger partial charge in [-0.2, -0.15) is 5.10 Å². The van der Waals surface area contributed by atoms with Crippen molar-refractivity contribution in [1.82, 2.24) is 9.99 Å². The number of pyridine rings is 1. The van der Waals surface area contributed by atoms with E-state index in [4.69, 9.17) is 0 Å². The summed E-state index contributed by atoms with van der Waals surface area (Å²) < 4.78 is 14.1. The Balaban J connectivity index is 1.43. The highest BCUT2D eigenvalue weighted by molar-refractivity contribution is 5.98. The highest BCUT2D eigenvalue weighted by atomic mass is 19.1. The van der Waals surface area contributed by atoms with Crippen molar-refractivity contribution in [3.05, 3.63) is 77.4 Å². The zero-order valence-electron chi connectivity index (χ0n) is 18.7. The standard InChI is InChI=1S/C26H30FN3O2/c1-25(2)17-21(29-30(25)24(31)22-11-14-28-18-23(22)27)15-19-9-6-12-26(32,13-10-19)16-20-7-4-3-5-8-20/h3-5,7-9,11,14,18,32H,6,10,12-13,15-17H2,1-2H3. The minimum Gasteiger partial charge on any atom is -0.390 e. The Morgan fingerprint density at radius 3 is 2.72 bits per heavy atom. The lowest BCUT2D eigenvalue weighted by Gasteiger charge is -2.28. The van der Waals surface area contributed by atoms with Gasteiger partial charge in [-0.25, -0.2) is 9.40 Å². The maximum atomic E-state index is 14.1. The lowest BCUT2D eigenvalue weighted by Crippen LogP contribution is -2.41. The Morgan fingerprint density at radius 2 is 1.97 bits per heavy atom. The van der Waals surface area contributed by atoms with Crippen LogP contribution in [0.15, 0.2) is 65.5 Å². The zero-order valence-corrected chi connectivity index (χ0v) is 18.7. The number of hydrogen-bond donors (Lipinski definition) is 1. The quantitative estimate of drug-likeness (QED) is 0.667. The number of aromatic nitrogens is 1. The van der Waals surface area contributed by atoms with Crippen molar-refractivity contribution >= 4 is 11.6 Å². The van der Waals surface area contributed by atoms with Gasteiger partial charge in [-0.05, 0) is 51.2 Å². The van der Waals surface area contributed by atoms with Crippen molar-refractivity contribution in [3.8, 4) is 0 Å². The van der Waals surface area contributed by atoms with Crippen molar-refractivity contribution in [2.75, 3.05) is 0 Å². The molecule has 0 spiro atoms. The van der Waals surface area contributed by atoms with Gasteiger partial charge in [0, 0.05) is 31.2 Å². The molecule has 168 valence electrons. The van der Waals surface area contributed by atoms with Crippen molar-refractivity contribution in [3.63, 3.8) is 0 Å². The van der Waals surface area contributed by atoms with Crippen LogP contribution in [0.4, 0.5) is 4.39 Å². The molecule has 2 aromatic rings.